The summed E-state index contributed by atoms with van der Waals surface area (Å²) in [4.78, 5) is 0. The summed E-state index contributed by atoms with van der Waals surface area (Å²) in [5.41, 5.74) is 2.95. The van der Waals surface area contributed by atoms with Gasteiger partial charge in [-0.05, 0) is 30.4 Å². The second-order valence-electron chi connectivity index (χ2n) is 4.63. The van der Waals surface area contributed by atoms with E-state index in [1.165, 1.54) is 19.3 Å². The van der Waals surface area contributed by atoms with E-state index < -0.39 is 0 Å². The molecule has 0 spiro atoms. The minimum atomic E-state index is 0.355. The number of hydrogen-bond donors (Lipinski definition) is 2. The van der Waals surface area contributed by atoms with E-state index in [4.69, 9.17) is 10.3 Å². The smallest absolute Gasteiger partial charge is 0.105 e. The third-order valence-corrected chi connectivity index (χ3v) is 3.66. The second-order valence-corrected chi connectivity index (χ2v) is 4.63. The van der Waals surface area contributed by atoms with Crippen molar-refractivity contribution in [2.45, 2.75) is 38.6 Å². The maximum absolute atomic E-state index is 5.64. The Morgan fingerprint density at radius 1 is 1.60 bits per heavy atom. The van der Waals surface area contributed by atoms with Crippen molar-refractivity contribution in [3.8, 4) is 0 Å². The molecule has 1 aliphatic rings. The lowest BCUT2D eigenvalue weighted by molar-refractivity contribution is 0.285. The van der Waals surface area contributed by atoms with Crippen LogP contribution in [0.25, 0.3) is 0 Å². The summed E-state index contributed by atoms with van der Waals surface area (Å²) >= 11 is 0. The standard InChI is InChI=1S/C12H20N2O/c1-9-4-2-6-11(9)12(14-13)8-10-5-3-7-15-10/h3,5,7,9,11-12,14H,2,4,6,8,13H2,1H3. The van der Waals surface area contributed by atoms with Crippen molar-refractivity contribution in [3.63, 3.8) is 0 Å². The maximum atomic E-state index is 5.64. The van der Waals surface area contributed by atoms with Crippen LogP contribution in [-0.4, -0.2) is 6.04 Å². The first-order valence-electron chi connectivity index (χ1n) is 5.79. The summed E-state index contributed by atoms with van der Waals surface area (Å²) in [5.74, 6) is 8.14. The highest BCUT2D eigenvalue weighted by Gasteiger charge is 2.30. The molecule has 3 nitrogen and oxygen atoms in total. The molecule has 1 saturated carbocycles. The zero-order valence-electron chi connectivity index (χ0n) is 9.28. The summed E-state index contributed by atoms with van der Waals surface area (Å²) in [7, 11) is 0. The molecule has 1 aromatic heterocycles. The molecule has 15 heavy (non-hydrogen) atoms. The highest BCUT2D eigenvalue weighted by Crippen LogP contribution is 2.34. The summed E-state index contributed by atoms with van der Waals surface area (Å²) in [6, 6.07) is 4.30. The number of nitrogens with one attached hydrogen (secondary N) is 1. The van der Waals surface area contributed by atoms with E-state index in [0.29, 0.717) is 12.0 Å². The van der Waals surface area contributed by atoms with Crippen molar-refractivity contribution in [3.05, 3.63) is 24.2 Å². The van der Waals surface area contributed by atoms with Crippen LogP contribution in [0, 0.1) is 11.8 Å². The van der Waals surface area contributed by atoms with Gasteiger partial charge in [-0.2, -0.15) is 0 Å². The predicted octanol–water partition coefficient (Wildman–Crippen LogP) is 2.09. The van der Waals surface area contributed by atoms with E-state index >= 15 is 0 Å². The molecule has 1 aromatic rings. The summed E-state index contributed by atoms with van der Waals surface area (Å²) in [6.45, 7) is 2.32. The molecule has 0 saturated heterocycles. The van der Waals surface area contributed by atoms with Crippen molar-refractivity contribution in [2.24, 2.45) is 17.7 Å². The van der Waals surface area contributed by atoms with Crippen LogP contribution < -0.4 is 11.3 Å². The van der Waals surface area contributed by atoms with Crippen LogP contribution in [0.3, 0.4) is 0 Å². The van der Waals surface area contributed by atoms with Crippen molar-refractivity contribution in [2.75, 3.05) is 0 Å². The Hall–Kier alpha value is -0.800. The highest BCUT2D eigenvalue weighted by molar-refractivity contribution is 5.02. The Labute approximate surface area is 91.0 Å². The number of rotatable bonds is 4. The molecular formula is C12H20N2O. The van der Waals surface area contributed by atoms with Crippen LogP contribution in [0.4, 0.5) is 0 Å². The largest absolute Gasteiger partial charge is 0.469 e. The first kappa shape index (κ1) is 10.7. The lowest BCUT2D eigenvalue weighted by Crippen LogP contribution is -2.43. The van der Waals surface area contributed by atoms with Gasteiger partial charge in [-0.1, -0.05) is 19.8 Å². The van der Waals surface area contributed by atoms with Crippen molar-refractivity contribution in [1.82, 2.24) is 5.43 Å². The molecule has 0 aliphatic heterocycles. The molecular weight excluding hydrogens is 188 g/mol. The lowest BCUT2D eigenvalue weighted by Gasteiger charge is -2.25. The van der Waals surface area contributed by atoms with Crippen LogP contribution >= 0.6 is 0 Å². The van der Waals surface area contributed by atoms with Gasteiger partial charge < -0.3 is 4.42 Å². The first-order valence-corrected chi connectivity index (χ1v) is 5.79. The fourth-order valence-electron chi connectivity index (χ4n) is 2.75. The van der Waals surface area contributed by atoms with Gasteiger partial charge in [0.1, 0.15) is 5.76 Å². The Morgan fingerprint density at radius 2 is 2.47 bits per heavy atom. The molecule has 1 aliphatic carbocycles. The molecule has 1 heterocycles. The molecule has 0 radical (unpaired) electrons. The molecule has 0 aromatic carbocycles. The normalized spacial score (nSPS) is 28.1. The monoisotopic (exact) mass is 208 g/mol. The van der Waals surface area contributed by atoms with Crippen molar-refractivity contribution in [1.29, 1.82) is 0 Å². The topological polar surface area (TPSA) is 51.2 Å². The first-order chi connectivity index (χ1) is 7.31. The van der Waals surface area contributed by atoms with Gasteiger partial charge in [0.15, 0.2) is 0 Å². The molecule has 0 bridgehead atoms. The van der Waals surface area contributed by atoms with Gasteiger partial charge in [0, 0.05) is 12.5 Å². The minimum Gasteiger partial charge on any atom is -0.469 e. The van der Waals surface area contributed by atoms with Crippen LogP contribution in [0.1, 0.15) is 31.9 Å². The molecule has 3 heteroatoms. The second kappa shape index (κ2) is 4.81. The van der Waals surface area contributed by atoms with E-state index in [2.05, 4.69) is 12.3 Å². The number of nitrogens with two attached hydrogens (primary N) is 1. The SMILES string of the molecule is CC1CCCC1C(Cc1ccco1)NN. The average Bonchev–Trinajstić information content (AvgIpc) is 2.85. The summed E-state index contributed by atoms with van der Waals surface area (Å²) in [5, 5.41) is 0. The van der Waals surface area contributed by atoms with E-state index in [9.17, 15) is 0 Å². The van der Waals surface area contributed by atoms with Crippen LogP contribution in [0.5, 0.6) is 0 Å². The quantitative estimate of drug-likeness (QED) is 0.588. The Morgan fingerprint density at radius 3 is 3.00 bits per heavy atom. The fourth-order valence-corrected chi connectivity index (χ4v) is 2.75. The van der Waals surface area contributed by atoms with Gasteiger partial charge in [-0.25, -0.2) is 0 Å². The third-order valence-electron chi connectivity index (χ3n) is 3.66. The molecule has 0 amide bonds. The van der Waals surface area contributed by atoms with E-state index in [-0.39, 0.29) is 0 Å². The van der Waals surface area contributed by atoms with Crippen LogP contribution in [0.15, 0.2) is 22.8 Å². The molecule has 3 atom stereocenters. The van der Waals surface area contributed by atoms with Gasteiger partial charge in [0.2, 0.25) is 0 Å². The van der Waals surface area contributed by atoms with Gasteiger partial charge in [-0.3, -0.25) is 11.3 Å². The minimum absolute atomic E-state index is 0.355. The predicted molar refractivity (Wildman–Crippen MR) is 60.0 cm³/mol. The zero-order valence-corrected chi connectivity index (χ0v) is 9.28. The van der Waals surface area contributed by atoms with Gasteiger partial charge in [0.25, 0.3) is 0 Å². The van der Waals surface area contributed by atoms with Crippen molar-refractivity contribution < 1.29 is 4.42 Å². The van der Waals surface area contributed by atoms with E-state index in [1.54, 1.807) is 6.26 Å². The average molecular weight is 208 g/mol. The summed E-state index contributed by atoms with van der Waals surface area (Å²) < 4.78 is 5.37. The molecule has 1 fully saturated rings. The lowest BCUT2D eigenvalue weighted by atomic mass is 9.88. The molecule has 3 N–H and O–H groups in total. The van der Waals surface area contributed by atoms with Gasteiger partial charge in [0.05, 0.1) is 6.26 Å². The zero-order chi connectivity index (χ0) is 10.7. The summed E-state index contributed by atoms with van der Waals surface area (Å²) in [6.07, 6.45) is 6.58. The third kappa shape index (κ3) is 2.41. The Bertz CT molecular complexity index is 284. The Balaban J connectivity index is 1.97. The Kier molecular flexibility index (Phi) is 3.44. The van der Waals surface area contributed by atoms with Gasteiger partial charge in [-0.15, -0.1) is 0 Å². The maximum Gasteiger partial charge on any atom is 0.105 e. The molecule has 84 valence electrons. The number of hydrogen-bond acceptors (Lipinski definition) is 3. The van der Waals surface area contributed by atoms with E-state index in [0.717, 1.165) is 18.1 Å². The van der Waals surface area contributed by atoms with E-state index in [1.807, 2.05) is 12.1 Å². The highest BCUT2D eigenvalue weighted by atomic mass is 16.3. The molecule has 2 rings (SSSR count). The van der Waals surface area contributed by atoms with Crippen molar-refractivity contribution >= 4 is 0 Å². The fraction of sp³-hybridized carbons (Fsp3) is 0.667. The number of hydrazine groups is 1. The van der Waals surface area contributed by atoms with Crippen LogP contribution in [0.2, 0.25) is 0 Å². The van der Waals surface area contributed by atoms with Gasteiger partial charge >= 0.3 is 0 Å². The van der Waals surface area contributed by atoms with Crippen LogP contribution in [-0.2, 0) is 6.42 Å². The molecule has 3 unspecified atom stereocenters. The number of furan rings is 1.